The first kappa shape index (κ1) is 30.5. The van der Waals surface area contributed by atoms with Crippen molar-refractivity contribution in [3.05, 3.63) is 140 Å². The molecule has 220 valence electrons. The van der Waals surface area contributed by atoms with Crippen molar-refractivity contribution in [3.8, 4) is 44.5 Å². The van der Waals surface area contributed by atoms with Gasteiger partial charge in [0.05, 0.1) is 0 Å². The number of benzene rings is 8. The lowest BCUT2D eigenvalue weighted by molar-refractivity contribution is 0.669. The molecule has 0 spiro atoms. The van der Waals surface area contributed by atoms with E-state index >= 15 is 0 Å². The topological polar surface area (TPSA) is 13.1 Å². The summed E-state index contributed by atoms with van der Waals surface area (Å²) in [6.07, 6.45) is 0. The molecule has 9 rings (SSSR count). The van der Waals surface area contributed by atoms with E-state index in [1.54, 1.807) is 0 Å². The van der Waals surface area contributed by atoms with Gasteiger partial charge in [-0.1, -0.05) is 126 Å². The van der Waals surface area contributed by atoms with Crippen LogP contribution in [0.2, 0.25) is 0 Å². The summed E-state index contributed by atoms with van der Waals surface area (Å²) in [7, 11) is 32.2. The van der Waals surface area contributed by atoms with Crippen LogP contribution in [0, 0.1) is 0 Å². The van der Waals surface area contributed by atoms with Gasteiger partial charge in [-0.3, -0.25) is 0 Å². The summed E-state index contributed by atoms with van der Waals surface area (Å²) in [6, 6.07) is 48.5. The molecule has 1 aromatic heterocycles. The van der Waals surface area contributed by atoms with E-state index in [9.17, 15) is 0 Å². The average molecular weight is 622 g/mol. The Morgan fingerprint density at radius 3 is 1.20 bits per heavy atom. The highest BCUT2D eigenvalue weighted by molar-refractivity contribution is 6.69. The summed E-state index contributed by atoms with van der Waals surface area (Å²) < 4.78 is 6.36. The fourth-order valence-corrected chi connectivity index (χ4v) is 7.43. The molecule has 0 N–H and O–H groups in total. The van der Waals surface area contributed by atoms with E-state index in [2.05, 4.69) is 109 Å². The predicted octanol–water partition coefficient (Wildman–Crippen LogP) is 6.53. The van der Waals surface area contributed by atoms with Crippen LogP contribution >= 0.6 is 0 Å². The molecular weight excluding hydrogens is 599 g/mol. The minimum atomic E-state index is 0.196. The van der Waals surface area contributed by atoms with Gasteiger partial charge >= 0.3 is 0 Å². The van der Waals surface area contributed by atoms with E-state index in [-0.39, 0.29) is 16.4 Å². The van der Waals surface area contributed by atoms with Crippen molar-refractivity contribution >= 4 is 110 Å². The number of hydrogen-bond donors (Lipinski definition) is 0. The van der Waals surface area contributed by atoms with Crippen LogP contribution in [-0.2, 0) is 0 Å². The summed E-state index contributed by atoms with van der Waals surface area (Å²) in [4.78, 5) is 0. The second-order valence-electron chi connectivity index (χ2n) is 12.8. The van der Waals surface area contributed by atoms with Crippen LogP contribution in [0.15, 0.2) is 144 Å². The first-order valence-corrected chi connectivity index (χ1v) is 16.5. The molecule has 0 saturated heterocycles. The summed E-state index contributed by atoms with van der Waals surface area (Å²) >= 11 is 0. The number of rotatable bonds is 4. The van der Waals surface area contributed by atoms with Crippen LogP contribution in [0.4, 0.5) is 0 Å². The van der Waals surface area contributed by atoms with Gasteiger partial charge < -0.3 is 4.42 Å². The van der Waals surface area contributed by atoms with Crippen molar-refractivity contribution in [1.82, 2.24) is 0 Å². The Morgan fingerprint density at radius 1 is 0.280 bits per heavy atom. The van der Waals surface area contributed by atoms with E-state index in [1.165, 1.54) is 11.1 Å². The summed E-state index contributed by atoms with van der Waals surface area (Å²) in [5.41, 5.74) is 11.2. The van der Waals surface area contributed by atoms with Gasteiger partial charge in [0.2, 0.25) is 0 Å². The maximum atomic E-state index is 6.66. The highest BCUT2D eigenvalue weighted by Crippen LogP contribution is 2.44. The van der Waals surface area contributed by atoms with Gasteiger partial charge in [0.15, 0.2) is 0 Å². The lowest BCUT2D eigenvalue weighted by atomic mass is 9.59. The van der Waals surface area contributed by atoms with E-state index in [0.717, 1.165) is 71.3 Å². The van der Waals surface area contributed by atoms with Gasteiger partial charge in [0.1, 0.15) is 50.4 Å². The quantitative estimate of drug-likeness (QED) is 0.161. The lowest BCUT2D eigenvalue weighted by Crippen LogP contribution is -2.55. The molecule has 9 aromatic rings. The van der Waals surface area contributed by atoms with Crippen molar-refractivity contribution < 1.29 is 4.42 Å². The molecular formula is C44H23B5O. The zero-order valence-corrected chi connectivity index (χ0v) is 27.1. The van der Waals surface area contributed by atoms with E-state index < -0.39 is 0 Å². The van der Waals surface area contributed by atoms with Gasteiger partial charge in [-0.25, -0.2) is 0 Å². The van der Waals surface area contributed by atoms with Crippen LogP contribution in [0.3, 0.4) is 0 Å². The standard InChI is InChI=1S/C44H23B5O/c45-40-39(41(46)43(48)44(49)42(40)47)38-31-12-6-4-10-29(31)37(30-11-5-7-13-32(30)38)28-19-21-36-34(23-28)33-22-27(18-20-35(33)50-36)26-16-14-25(15-17-26)24-8-2-1-3-9-24/h1-23H. The van der Waals surface area contributed by atoms with Crippen molar-refractivity contribution in [1.29, 1.82) is 0 Å². The molecule has 0 unspecified atom stereocenters. The SMILES string of the molecule is [B]c1c([B])c([B])c(-c2c3ccccc3c(-c3ccc4oc5ccc(-c6ccc(-c7ccccc7)cc6)cc5c4c3)c3ccccc23)c([B])c1[B]. The number of hydrogen-bond acceptors (Lipinski definition) is 1. The fourth-order valence-electron chi connectivity index (χ4n) is 7.43. The third-order valence-electron chi connectivity index (χ3n) is 9.96. The van der Waals surface area contributed by atoms with Crippen molar-refractivity contribution in [2.45, 2.75) is 0 Å². The van der Waals surface area contributed by atoms with Crippen LogP contribution < -0.4 is 27.3 Å². The van der Waals surface area contributed by atoms with Gasteiger partial charge in [0.25, 0.3) is 0 Å². The first-order chi connectivity index (χ1) is 24.4. The fraction of sp³-hybridized carbons (Fsp3) is 0. The molecule has 1 heterocycles. The molecule has 0 aliphatic carbocycles. The summed E-state index contributed by atoms with van der Waals surface area (Å²) in [6.45, 7) is 0. The van der Waals surface area contributed by atoms with Crippen molar-refractivity contribution in [3.63, 3.8) is 0 Å². The van der Waals surface area contributed by atoms with Crippen molar-refractivity contribution in [2.75, 3.05) is 0 Å². The Balaban J connectivity index is 1.25. The Morgan fingerprint density at radius 2 is 0.660 bits per heavy atom. The monoisotopic (exact) mass is 622 g/mol. The lowest BCUT2D eigenvalue weighted by Gasteiger charge is -2.25. The largest absolute Gasteiger partial charge is 0.456 e. The molecule has 8 aromatic carbocycles. The van der Waals surface area contributed by atoms with Crippen LogP contribution in [0.25, 0.3) is 88.0 Å². The van der Waals surface area contributed by atoms with Gasteiger partial charge in [-0.2, -0.15) is 0 Å². The van der Waals surface area contributed by atoms with E-state index in [4.69, 9.17) is 43.6 Å². The van der Waals surface area contributed by atoms with Crippen LogP contribution in [0.5, 0.6) is 0 Å². The molecule has 0 aliphatic rings. The highest BCUT2D eigenvalue weighted by Gasteiger charge is 2.21. The maximum Gasteiger partial charge on any atom is 0.135 e. The Labute approximate surface area is 297 Å². The molecule has 0 bridgehead atoms. The minimum absolute atomic E-state index is 0.196. The molecule has 50 heavy (non-hydrogen) atoms. The Bertz CT molecular complexity index is 2720. The van der Waals surface area contributed by atoms with E-state index in [1.807, 2.05) is 30.3 Å². The first-order valence-electron chi connectivity index (χ1n) is 16.5. The Hall–Kier alpha value is -5.60. The summed E-state index contributed by atoms with van der Waals surface area (Å²) in [5, 5.41) is 6.14. The number of furan rings is 1. The second-order valence-corrected chi connectivity index (χ2v) is 12.8. The second kappa shape index (κ2) is 11.8. The number of fused-ring (bicyclic) bond motifs is 5. The highest BCUT2D eigenvalue weighted by atomic mass is 16.3. The molecule has 0 atom stereocenters. The maximum absolute atomic E-state index is 6.66. The molecule has 0 fully saturated rings. The zero-order chi connectivity index (χ0) is 34.1. The molecule has 6 heteroatoms. The molecule has 0 saturated carbocycles. The molecule has 0 amide bonds. The zero-order valence-electron chi connectivity index (χ0n) is 27.1. The normalized spacial score (nSPS) is 11.6. The van der Waals surface area contributed by atoms with Crippen molar-refractivity contribution in [2.24, 2.45) is 0 Å². The van der Waals surface area contributed by atoms with Crippen LogP contribution in [-0.4, -0.2) is 39.2 Å². The molecule has 10 radical (unpaired) electrons. The minimum Gasteiger partial charge on any atom is -0.456 e. The predicted molar refractivity (Wildman–Crippen MR) is 217 cm³/mol. The van der Waals surface area contributed by atoms with Gasteiger partial charge in [-0.05, 0) is 90.3 Å². The van der Waals surface area contributed by atoms with E-state index in [0.29, 0.717) is 16.5 Å². The summed E-state index contributed by atoms with van der Waals surface area (Å²) in [5.74, 6) is 0. The molecule has 1 nitrogen and oxygen atoms in total. The smallest absolute Gasteiger partial charge is 0.135 e. The third kappa shape index (κ3) is 4.70. The third-order valence-corrected chi connectivity index (χ3v) is 9.96. The average Bonchev–Trinajstić information content (AvgIpc) is 3.54. The Kier molecular flexibility index (Phi) is 7.18. The molecule has 0 aliphatic heterocycles. The van der Waals surface area contributed by atoms with Gasteiger partial charge in [-0.15, -0.1) is 16.4 Å². The van der Waals surface area contributed by atoms with Gasteiger partial charge in [0, 0.05) is 10.8 Å². The van der Waals surface area contributed by atoms with Crippen LogP contribution in [0.1, 0.15) is 0 Å².